The van der Waals surface area contributed by atoms with Gasteiger partial charge in [0, 0.05) is 5.38 Å². The highest BCUT2D eigenvalue weighted by Gasteiger charge is 2.30. The van der Waals surface area contributed by atoms with Gasteiger partial charge in [0.25, 0.3) is 5.19 Å². The Kier molecular flexibility index (Phi) is 3.02. The number of rotatable bonds is 3. The fourth-order valence-corrected chi connectivity index (χ4v) is 2.25. The Labute approximate surface area is 92.2 Å². The van der Waals surface area contributed by atoms with E-state index in [-0.39, 0.29) is 18.0 Å². The molecule has 0 spiro atoms. The molecule has 1 aromatic heterocycles. The van der Waals surface area contributed by atoms with Gasteiger partial charge in [-0.1, -0.05) is 11.3 Å². The third kappa shape index (κ3) is 2.18. The van der Waals surface area contributed by atoms with Crippen LogP contribution in [0.2, 0.25) is 0 Å². The van der Waals surface area contributed by atoms with E-state index in [1.165, 1.54) is 11.3 Å². The van der Waals surface area contributed by atoms with E-state index >= 15 is 0 Å². The molecule has 2 unspecified atom stereocenters. The Hall–Kier alpha value is -0.940. The van der Waals surface area contributed by atoms with Crippen LogP contribution in [-0.4, -0.2) is 30.1 Å². The monoisotopic (exact) mass is 227 g/mol. The average molecular weight is 227 g/mol. The number of ketones is 1. The van der Waals surface area contributed by atoms with Gasteiger partial charge in [-0.05, 0) is 19.8 Å². The second-order valence-electron chi connectivity index (χ2n) is 3.58. The molecular formula is C10H13NO3S. The molecule has 82 valence electrons. The van der Waals surface area contributed by atoms with E-state index in [0.717, 1.165) is 12.8 Å². The summed E-state index contributed by atoms with van der Waals surface area (Å²) in [6.45, 7) is 1.98. The number of thiazole rings is 1. The van der Waals surface area contributed by atoms with E-state index in [1.54, 1.807) is 12.5 Å². The van der Waals surface area contributed by atoms with Crippen LogP contribution in [0.5, 0.6) is 5.19 Å². The van der Waals surface area contributed by atoms with Crippen molar-refractivity contribution in [2.45, 2.75) is 32.0 Å². The Morgan fingerprint density at radius 1 is 1.67 bits per heavy atom. The molecule has 4 nitrogen and oxygen atoms in total. The predicted octanol–water partition coefficient (Wildman–Crippen LogP) is 1.90. The van der Waals surface area contributed by atoms with Crippen molar-refractivity contribution in [3.8, 4) is 5.19 Å². The van der Waals surface area contributed by atoms with Crippen molar-refractivity contribution in [2.75, 3.05) is 7.11 Å². The summed E-state index contributed by atoms with van der Waals surface area (Å²) in [5, 5.41) is 2.23. The van der Waals surface area contributed by atoms with Crippen LogP contribution in [-0.2, 0) is 4.74 Å². The molecule has 0 aliphatic carbocycles. The average Bonchev–Trinajstić information content (AvgIpc) is 2.84. The van der Waals surface area contributed by atoms with E-state index in [4.69, 9.17) is 9.47 Å². The van der Waals surface area contributed by atoms with Gasteiger partial charge in [0.1, 0.15) is 11.8 Å². The number of Topliss-reactive ketones (excluding diaryl/α,β-unsaturated/α-hetero) is 1. The van der Waals surface area contributed by atoms with Crippen molar-refractivity contribution >= 4 is 17.1 Å². The minimum absolute atomic E-state index is 0.0288. The molecule has 2 atom stereocenters. The summed E-state index contributed by atoms with van der Waals surface area (Å²) < 4.78 is 10.4. The molecule has 1 saturated heterocycles. The van der Waals surface area contributed by atoms with Gasteiger partial charge in [-0.25, -0.2) is 0 Å². The summed E-state index contributed by atoms with van der Waals surface area (Å²) in [6.07, 6.45) is 1.60. The van der Waals surface area contributed by atoms with Crippen molar-refractivity contribution in [1.82, 2.24) is 4.98 Å². The van der Waals surface area contributed by atoms with Crippen LogP contribution in [0.1, 0.15) is 30.3 Å². The van der Waals surface area contributed by atoms with Crippen molar-refractivity contribution in [3.63, 3.8) is 0 Å². The maximum absolute atomic E-state index is 11.9. The molecule has 1 aromatic rings. The molecule has 0 aromatic carbocycles. The zero-order valence-electron chi connectivity index (χ0n) is 8.73. The Morgan fingerprint density at radius 2 is 2.47 bits per heavy atom. The SMILES string of the molecule is COc1nc(C(=O)C2CCC(C)O2)cs1. The third-order valence-electron chi connectivity index (χ3n) is 2.43. The van der Waals surface area contributed by atoms with Crippen molar-refractivity contribution < 1.29 is 14.3 Å². The largest absolute Gasteiger partial charge is 0.473 e. The molecule has 1 aliphatic heterocycles. The molecule has 0 N–H and O–H groups in total. The molecule has 2 heterocycles. The van der Waals surface area contributed by atoms with Crippen LogP contribution in [0.25, 0.3) is 0 Å². The van der Waals surface area contributed by atoms with Crippen LogP contribution in [0.4, 0.5) is 0 Å². The second kappa shape index (κ2) is 4.28. The minimum atomic E-state index is -0.313. The Bertz CT molecular complexity index is 363. The number of ether oxygens (including phenoxy) is 2. The fourth-order valence-electron chi connectivity index (χ4n) is 1.62. The highest BCUT2D eigenvalue weighted by molar-refractivity contribution is 7.11. The van der Waals surface area contributed by atoms with Crippen LogP contribution in [0.3, 0.4) is 0 Å². The predicted molar refractivity (Wildman–Crippen MR) is 56.6 cm³/mol. The van der Waals surface area contributed by atoms with Crippen molar-refractivity contribution in [2.24, 2.45) is 0 Å². The smallest absolute Gasteiger partial charge is 0.273 e. The van der Waals surface area contributed by atoms with Crippen LogP contribution < -0.4 is 4.74 Å². The number of carbonyl (C=O) groups excluding carboxylic acids is 1. The number of hydrogen-bond donors (Lipinski definition) is 0. The Balaban J connectivity index is 2.07. The lowest BCUT2D eigenvalue weighted by molar-refractivity contribution is 0.0429. The molecule has 0 amide bonds. The van der Waals surface area contributed by atoms with E-state index in [1.807, 2.05) is 6.92 Å². The van der Waals surface area contributed by atoms with Crippen LogP contribution in [0, 0.1) is 0 Å². The molecular weight excluding hydrogens is 214 g/mol. The molecule has 2 rings (SSSR count). The summed E-state index contributed by atoms with van der Waals surface area (Å²) in [5.41, 5.74) is 0.455. The van der Waals surface area contributed by atoms with Gasteiger partial charge in [0.15, 0.2) is 0 Å². The van der Waals surface area contributed by atoms with E-state index in [9.17, 15) is 4.79 Å². The summed E-state index contributed by atoms with van der Waals surface area (Å²) in [6, 6.07) is 0. The van der Waals surface area contributed by atoms with E-state index < -0.39 is 0 Å². The Morgan fingerprint density at radius 3 is 3.00 bits per heavy atom. The van der Waals surface area contributed by atoms with Crippen molar-refractivity contribution in [1.29, 1.82) is 0 Å². The summed E-state index contributed by atoms with van der Waals surface area (Å²) in [7, 11) is 1.54. The number of nitrogens with zero attached hydrogens (tertiary/aromatic N) is 1. The van der Waals surface area contributed by atoms with Crippen LogP contribution in [0.15, 0.2) is 5.38 Å². The van der Waals surface area contributed by atoms with Crippen molar-refractivity contribution in [3.05, 3.63) is 11.1 Å². The maximum Gasteiger partial charge on any atom is 0.273 e. The normalized spacial score (nSPS) is 25.5. The standard InChI is InChI=1S/C10H13NO3S/c1-6-3-4-8(14-6)9(12)7-5-15-10(11-7)13-2/h5-6,8H,3-4H2,1-2H3. The summed E-state index contributed by atoms with van der Waals surface area (Å²) in [4.78, 5) is 16.0. The van der Waals surface area contributed by atoms with Gasteiger partial charge in [0.2, 0.25) is 5.78 Å². The fraction of sp³-hybridized carbons (Fsp3) is 0.600. The first kappa shape index (κ1) is 10.6. The first-order valence-electron chi connectivity index (χ1n) is 4.90. The summed E-state index contributed by atoms with van der Waals surface area (Å²) >= 11 is 1.33. The molecule has 0 saturated carbocycles. The van der Waals surface area contributed by atoms with Gasteiger partial charge < -0.3 is 9.47 Å². The highest BCUT2D eigenvalue weighted by atomic mass is 32.1. The lowest BCUT2D eigenvalue weighted by Gasteiger charge is -2.07. The van der Waals surface area contributed by atoms with Gasteiger partial charge >= 0.3 is 0 Å². The highest BCUT2D eigenvalue weighted by Crippen LogP contribution is 2.24. The van der Waals surface area contributed by atoms with Gasteiger partial charge in [0.05, 0.1) is 13.2 Å². The summed E-state index contributed by atoms with van der Waals surface area (Å²) in [5.74, 6) is -0.0288. The van der Waals surface area contributed by atoms with Crippen LogP contribution >= 0.6 is 11.3 Å². The molecule has 0 bridgehead atoms. The second-order valence-corrected chi connectivity index (χ2v) is 4.40. The zero-order chi connectivity index (χ0) is 10.8. The van der Waals surface area contributed by atoms with Gasteiger partial charge in [-0.3, -0.25) is 4.79 Å². The third-order valence-corrected chi connectivity index (χ3v) is 3.24. The minimum Gasteiger partial charge on any atom is -0.473 e. The molecule has 1 aliphatic rings. The molecule has 5 heteroatoms. The molecule has 0 radical (unpaired) electrons. The first-order valence-corrected chi connectivity index (χ1v) is 5.78. The van der Waals surface area contributed by atoms with Gasteiger partial charge in [-0.2, -0.15) is 4.98 Å². The number of aromatic nitrogens is 1. The zero-order valence-corrected chi connectivity index (χ0v) is 9.54. The quantitative estimate of drug-likeness (QED) is 0.740. The van der Waals surface area contributed by atoms with Gasteiger partial charge in [-0.15, -0.1) is 0 Å². The molecule has 15 heavy (non-hydrogen) atoms. The molecule has 1 fully saturated rings. The van der Waals surface area contributed by atoms with E-state index in [2.05, 4.69) is 4.98 Å². The first-order chi connectivity index (χ1) is 7.20. The number of carbonyl (C=O) groups is 1. The lowest BCUT2D eigenvalue weighted by atomic mass is 10.1. The topological polar surface area (TPSA) is 48.4 Å². The lowest BCUT2D eigenvalue weighted by Crippen LogP contribution is -2.21. The van der Waals surface area contributed by atoms with E-state index in [0.29, 0.717) is 10.9 Å². The maximum atomic E-state index is 11.9. The number of hydrogen-bond acceptors (Lipinski definition) is 5. The number of methoxy groups -OCH3 is 1.